The van der Waals surface area contributed by atoms with E-state index in [9.17, 15) is 5.11 Å². The molecule has 0 bridgehead atoms. The van der Waals surface area contributed by atoms with Gasteiger partial charge in [-0.25, -0.2) is 4.98 Å². The smallest absolute Gasteiger partial charge is 0.0957 e. The van der Waals surface area contributed by atoms with Gasteiger partial charge in [0.15, 0.2) is 0 Å². The lowest BCUT2D eigenvalue weighted by Gasteiger charge is -2.12. The molecule has 0 aliphatic carbocycles. The third kappa shape index (κ3) is 3.15. The third-order valence-corrected chi connectivity index (χ3v) is 4.12. The van der Waals surface area contributed by atoms with E-state index < -0.39 is 6.10 Å². The number of aliphatic hydroxyl groups is 1. The van der Waals surface area contributed by atoms with Crippen LogP contribution in [0.3, 0.4) is 0 Å². The Morgan fingerprint density at radius 2 is 2.18 bits per heavy atom. The van der Waals surface area contributed by atoms with Crippen LogP contribution in [-0.4, -0.2) is 10.1 Å². The molecular weight excluding hydrogens is 298 g/mol. The minimum absolute atomic E-state index is 0.488. The van der Waals surface area contributed by atoms with Crippen LogP contribution in [0.4, 0.5) is 0 Å². The lowest BCUT2D eigenvalue weighted by Crippen LogP contribution is -2.03. The fraction of sp³-hybridized carbons (Fsp3) is 0.308. The van der Waals surface area contributed by atoms with Crippen molar-refractivity contribution in [3.05, 3.63) is 49.9 Å². The van der Waals surface area contributed by atoms with Crippen molar-refractivity contribution in [2.45, 2.75) is 26.4 Å². The van der Waals surface area contributed by atoms with Gasteiger partial charge in [-0.05, 0) is 37.1 Å². The normalized spacial score (nSPS) is 12.7. The second-order valence-corrected chi connectivity index (χ2v) is 5.96. The van der Waals surface area contributed by atoms with E-state index in [1.54, 1.807) is 11.3 Å². The van der Waals surface area contributed by atoms with Crippen molar-refractivity contribution in [3.8, 4) is 0 Å². The molecule has 0 saturated heterocycles. The highest BCUT2D eigenvalue weighted by atomic mass is 79.9. The average Bonchev–Trinajstić information content (AvgIpc) is 2.67. The van der Waals surface area contributed by atoms with Crippen LogP contribution in [0.5, 0.6) is 0 Å². The molecule has 2 nitrogen and oxygen atoms in total. The van der Waals surface area contributed by atoms with Gasteiger partial charge in [0.05, 0.1) is 11.1 Å². The summed E-state index contributed by atoms with van der Waals surface area (Å²) >= 11 is 5.03. The highest BCUT2D eigenvalue weighted by molar-refractivity contribution is 9.10. The number of benzene rings is 1. The van der Waals surface area contributed by atoms with E-state index in [2.05, 4.69) is 20.9 Å². The van der Waals surface area contributed by atoms with Gasteiger partial charge in [0.2, 0.25) is 0 Å². The molecule has 0 aliphatic rings. The molecule has 17 heavy (non-hydrogen) atoms. The molecule has 0 radical (unpaired) electrons. The fourth-order valence-electron chi connectivity index (χ4n) is 1.74. The summed E-state index contributed by atoms with van der Waals surface area (Å²) in [5.74, 6) is 0. The number of nitrogens with zero attached hydrogens (tertiary/aromatic N) is 1. The van der Waals surface area contributed by atoms with Gasteiger partial charge < -0.3 is 5.11 Å². The molecule has 0 saturated carbocycles. The summed E-state index contributed by atoms with van der Waals surface area (Å²) in [7, 11) is 0. The third-order valence-electron chi connectivity index (χ3n) is 2.63. The number of thiazole rings is 1. The predicted octanol–water partition coefficient (Wildman–Crippen LogP) is 3.80. The van der Waals surface area contributed by atoms with Crippen molar-refractivity contribution in [3.63, 3.8) is 0 Å². The summed E-state index contributed by atoms with van der Waals surface area (Å²) in [6.07, 6.45) is 0.0912. The fourth-order valence-corrected chi connectivity index (χ4v) is 2.93. The van der Waals surface area contributed by atoms with Gasteiger partial charge in [-0.3, -0.25) is 0 Å². The molecule has 1 aromatic carbocycles. The molecule has 1 heterocycles. The van der Waals surface area contributed by atoms with Gasteiger partial charge in [0.1, 0.15) is 0 Å². The molecule has 2 rings (SSSR count). The quantitative estimate of drug-likeness (QED) is 0.935. The Labute approximate surface area is 113 Å². The second-order valence-electron chi connectivity index (χ2n) is 4.10. The Morgan fingerprint density at radius 1 is 1.41 bits per heavy atom. The summed E-state index contributed by atoms with van der Waals surface area (Å²) in [6.45, 7) is 3.98. The first-order chi connectivity index (χ1) is 8.06. The van der Waals surface area contributed by atoms with E-state index in [4.69, 9.17) is 0 Å². The standard InChI is InChI=1S/C13H14BrNOS/c1-8-3-4-10(14)5-11(8)12(16)6-13-15-9(2)7-17-13/h3-5,7,12,16H,6H2,1-2H3. The Hall–Kier alpha value is -0.710. The van der Waals surface area contributed by atoms with Gasteiger partial charge >= 0.3 is 0 Å². The molecule has 2 aromatic rings. The summed E-state index contributed by atoms with van der Waals surface area (Å²) < 4.78 is 0.993. The zero-order valence-electron chi connectivity index (χ0n) is 9.77. The summed E-state index contributed by atoms with van der Waals surface area (Å²) in [5, 5.41) is 13.2. The van der Waals surface area contributed by atoms with Gasteiger partial charge in [-0.1, -0.05) is 22.0 Å². The van der Waals surface area contributed by atoms with Crippen LogP contribution >= 0.6 is 27.3 Å². The molecule has 1 atom stereocenters. The van der Waals surface area contributed by atoms with E-state index in [1.165, 1.54) is 0 Å². The lowest BCUT2D eigenvalue weighted by molar-refractivity contribution is 0.177. The first kappa shape index (κ1) is 12.7. The number of halogens is 1. The van der Waals surface area contributed by atoms with Crippen LogP contribution in [0.15, 0.2) is 28.1 Å². The molecule has 1 aromatic heterocycles. The van der Waals surface area contributed by atoms with Crippen molar-refractivity contribution in [1.82, 2.24) is 4.98 Å². The zero-order chi connectivity index (χ0) is 12.4. The van der Waals surface area contributed by atoms with E-state index in [0.29, 0.717) is 6.42 Å². The van der Waals surface area contributed by atoms with Crippen molar-refractivity contribution in [2.24, 2.45) is 0 Å². The number of aliphatic hydroxyl groups excluding tert-OH is 1. The number of hydrogen-bond donors (Lipinski definition) is 1. The Morgan fingerprint density at radius 3 is 2.82 bits per heavy atom. The molecule has 0 aliphatic heterocycles. The summed E-state index contributed by atoms with van der Waals surface area (Å²) in [6, 6.07) is 5.97. The average molecular weight is 312 g/mol. The molecule has 1 N–H and O–H groups in total. The van der Waals surface area contributed by atoms with E-state index in [0.717, 1.165) is 26.3 Å². The van der Waals surface area contributed by atoms with Gasteiger partial charge in [-0.2, -0.15) is 0 Å². The molecule has 1 unspecified atom stereocenters. The number of aromatic nitrogens is 1. The molecule has 0 amide bonds. The van der Waals surface area contributed by atoms with Crippen LogP contribution in [0.1, 0.15) is 27.9 Å². The maximum absolute atomic E-state index is 10.2. The van der Waals surface area contributed by atoms with Gasteiger partial charge in [-0.15, -0.1) is 11.3 Å². The van der Waals surface area contributed by atoms with E-state index in [-0.39, 0.29) is 0 Å². The van der Waals surface area contributed by atoms with E-state index in [1.807, 2.05) is 37.4 Å². The molecule has 0 spiro atoms. The SMILES string of the molecule is Cc1csc(CC(O)c2cc(Br)ccc2C)n1. The minimum atomic E-state index is -0.488. The maximum Gasteiger partial charge on any atom is 0.0957 e. The van der Waals surface area contributed by atoms with Crippen LogP contribution in [-0.2, 0) is 6.42 Å². The van der Waals surface area contributed by atoms with Crippen molar-refractivity contribution >= 4 is 27.3 Å². The topological polar surface area (TPSA) is 33.1 Å². The predicted molar refractivity (Wildman–Crippen MR) is 74.4 cm³/mol. The number of rotatable bonds is 3. The van der Waals surface area contributed by atoms with Gasteiger partial charge in [0, 0.05) is 22.0 Å². The summed E-state index contributed by atoms with van der Waals surface area (Å²) in [5.41, 5.74) is 3.09. The molecule has 90 valence electrons. The van der Waals surface area contributed by atoms with Crippen LogP contribution in [0.2, 0.25) is 0 Å². The molecular formula is C13H14BrNOS. The second kappa shape index (κ2) is 5.29. The van der Waals surface area contributed by atoms with Crippen LogP contribution in [0.25, 0.3) is 0 Å². The lowest BCUT2D eigenvalue weighted by atomic mass is 10.0. The number of hydrogen-bond acceptors (Lipinski definition) is 3. The Bertz CT molecular complexity index is 524. The highest BCUT2D eigenvalue weighted by Crippen LogP contribution is 2.25. The molecule has 0 fully saturated rings. The zero-order valence-corrected chi connectivity index (χ0v) is 12.2. The van der Waals surface area contributed by atoms with Crippen molar-refractivity contribution in [2.75, 3.05) is 0 Å². The molecule has 4 heteroatoms. The first-order valence-corrected chi connectivity index (χ1v) is 7.08. The largest absolute Gasteiger partial charge is 0.388 e. The summed E-state index contributed by atoms with van der Waals surface area (Å²) in [4.78, 5) is 4.38. The monoisotopic (exact) mass is 311 g/mol. The Balaban J connectivity index is 2.19. The maximum atomic E-state index is 10.2. The minimum Gasteiger partial charge on any atom is -0.388 e. The van der Waals surface area contributed by atoms with Crippen LogP contribution < -0.4 is 0 Å². The Kier molecular flexibility index (Phi) is 3.97. The highest BCUT2D eigenvalue weighted by Gasteiger charge is 2.13. The van der Waals surface area contributed by atoms with Crippen molar-refractivity contribution < 1.29 is 5.11 Å². The van der Waals surface area contributed by atoms with Gasteiger partial charge in [0.25, 0.3) is 0 Å². The number of aryl methyl sites for hydroxylation is 2. The first-order valence-electron chi connectivity index (χ1n) is 5.41. The van der Waals surface area contributed by atoms with Crippen LogP contribution in [0, 0.1) is 13.8 Å². The van der Waals surface area contributed by atoms with E-state index >= 15 is 0 Å². The van der Waals surface area contributed by atoms with Crippen molar-refractivity contribution in [1.29, 1.82) is 0 Å².